The Labute approximate surface area is 138 Å². The van der Waals surface area contributed by atoms with Crippen molar-refractivity contribution in [1.29, 1.82) is 0 Å². The first-order valence-corrected chi connectivity index (χ1v) is 8.80. The van der Waals surface area contributed by atoms with Gasteiger partial charge in [0.05, 0.1) is 38.5 Å². The first-order chi connectivity index (χ1) is 11.2. The Hall–Kier alpha value is -1.75. The molecule has 1 heterocycles. The molecule has 0 bridgehead atoms. The van der Waals surface area contributed by atoms with Gasteiger partial charge in [-0.15, -0.1) is 0 Å². The Balaban J connectivity index is 1.56. The smallest absolute Gasteiger partial charge is 0.278 e. The third-order valence-electron chi connectivity index (χ3n) is 4.84. The first kappa shape index (κ1) is 16.1. The number of benzene rings is 1. The summed E-state index contributed by atoms with van der Waals surface area (Å²) < 4.78 is 5.74. The van der Waals surface area contributed by atoms with Gasteiger partial charge in [0.25, 0.3) is 5.91 Å². The molecule has 1 aromatic carbocycles. The van der Waals surface area contributed by atoms with E-state index in [4.69, 9.17) is 4.74 Å². The molecule has 1 saturated heterocycles. The van der Waals surface area contributed by atoms with E-state index < -0.39 is 0 Å². The minimum absolute atomic E-state index is 0.0416. The fraction of sp³-hybridized carbons (Fsp3) is 0.611. The summed E-state index contributed by atoms with van der Waals surface area (Å²) in [6, 6.07) is 8.72. The van der Waals surface area contributed by atoms with Crippen LogP contribution >= 0.6 is 0 Å². The molecule has 0 spiro atoms. The van der Waals surface area contributed by atoms with Crippen LogP contribution in [0.25, 0.3) is 0 Å². The molecular formula is C18H28N3O2+. The summed E-state index contributed by atoms with van der Waals surface area (Å²) in [4.78, 5) is 16.0. The highest BCUT2D eigenvalue weighted by atomic mass is 16.5. The Morgan fingerprint density at radius 3 is 2.70 bits per heavy atom. The molecule has 2 N–H and O–H groups in total. The molecule has 126 valence electrons. The number of amides is 1. The van der Waals surface area contributed by atoms with Crippen molar-refractivity contribution in [2.24, 2.45) is 0 Å². The summed E-state index contributed by atoms with van der Waals surface area (Å²) in [5.41, 5.74) is 1.17. The fourth-order valence-electron chi connectivity index (χ4n) is 3.20. The van der Waals surface area contributed by atoms with Crippen LogP contribution < -0.4 is 19.9 Å². The standard InChI is InChI=1S/C18H27N3O2/c1-3-23-17-7-5-4-6-16(17)21-12-10-20(11-13-21)14(2)18(22)19-15-8-9-15/h4-7,14-15H,3,8-13H2,1-2H3,(H,19,22)/p+1/t14-/m1/s1. The second-order valence-electron chi connectivity index (χ2n) is 6.55. The predicted molar refractivity (Wildman–Crippen MR) is 91.1 cm³/mol. The van der Waals surface area contributed by atoms with Gasteiger partial charge in [-0.2, -0.15) is 0 Å². The zero-order chi connectivity index (χ0) is 16.2. The average Bonchev–Trinajstić information content (AvgIpc) is 3.39. The minimum Gasteiger partial charge on any atom is -0.492 e. The maximum atomic E-state index is 12.2. The van der Waals surface area contributed by atoms with Gasteiger partial charge >= 0.3 is 0 Å². The molecule has 1 aliphatic carbocycles. The molecule has 2 aliphatic rings. The average molecular weight is 318 g/mol. The topological polar surface area (TPSA) is 46.0 Å². The van der Waals surface area contributed by atoms with Crippen molar-refractivity contribution in [1.82, 2.24) is 5.32 Å². The lowest BCUT2D eigenvalue weighted by Crippen LogP contribution is -3.19. The van der Waals surface area contributed by atoms with Crippen LogP contribution in [0.5, 0.6) is 5.75 Å². The third kappa shape index (κ3) is 3.96. The van der Waals surface area contributed by atoms with E-state index in [1.807, 2.05) is 19.1 Å². The molecule has 23 heavy (non-hydrogen) atoms. The predicted octanol–water partition coefficient (Wildman–Crippen LogP) is 0.457. The first-order valence-electron chi connectivity index (χ1n) is 8.80. The number of nitrogens with one attached hydrogen (secondary N) is 2. The number of nitrogens with zero attached hydrogens (tertiary/aromatic N) is 1. The van der Waals surface area contributed by atoms with Gasteiger partial charge in [-0.25, -0.2) is 0 Å². The molecule has 0 aromatic heterocycles. The lowest BCUT2D eigenvalue weighted by atomic mass is 10.2. The highest BCUT2D eigenvalue weighted by Crippen LogP contribution is 2.27. The van der Waals surface area contributed by atoms with E-state index in [9.17, 15) is 4.79 Å². The van der Waals surface area contributed by atoms with Crippen LogP contribution in [0.4, 0.5) is 5.69 Å². The third-order valence-corrected chi connectivity index (χ3v) is 4.84. The van der Waals surface area contributed by atoms with Crippen LogP contribution in [0.3, 0.4) is 0 Å². The Morgan fingerprint density at radius 1 is 1.35 bits per heavy atom. The maximum Gasteiger partial charge on any atom is 0.278 e. The van der Waals surface area contributed by atoms with Gasteiger partial charge < -0.3 is 19.9 Å². The molecule has 0 radical (unpaired) electrons. The van der Waals surface area contributed by atoms with E-state index >= 15 is 0 Å². The van der Waals surface area contributed by atoms with Gasteiger partial charge in [0.2, 0.25) is 0 Å². The van der Waals surface area contributed by atoms with E-state index in [0.717, 1.165) is 44.8 Å². The van der Waals surface area contributed by atoms with E-state index in [-0.39, 0.29) is 11.9 Å². The summed E-state index contributed by atoms with van der Waals surface area (Å²) >= 11 is 0. The summed E-state index contributed by atoms with van der Waals surface area (Å²) in [5, 5.41) is 3.13. The van der Waals surface area contributed by atoms with Crippen molar-refractivity contribution >= 4 is 11.6 Å². The van der Waals surface area contributed by atoms with Crippen molar-refractivity contribution < 1.29 is 14.4 Å². The number of piperazine rings is 1. The largest absolute Gasteiger partial charge is 0.492 e. The van der Waals surface area contributed by atoms with Gasteiger partial charge in [0.1, 0.15) is 5.75 Å². The molecule has 1 saturated carbocycles. The number of ether oxygens (including phenoxy) is 1. The Bertz CT molecular complexity index is 537. The van der Waals surface area contributed by atoms with Crippen LogP contribution in [0.2, 0.25) is 0 Å². The second kappa shape index (κ2) is 7.21. The zero-order valence-electron chi connectivity index (χ0n) is 14.2. The molecular weight excluding hydrogens is 290 g/mol. The number of para-hydroxylation sites is 2. The van der Waals surface area contributed by atoms with Gasteiger partial charge in [-0.3, -0.25) is 4.79 Å². The molecule has 5 nitrogen and oxygen atoms in total. The fourth-order valence-corrected chi connectivity index (χ4v) is 3.20. The molecule has 5 heteroatoms. The molecule has 1 atom stereocenters. The van der Waals surface area contributed by atoms with Crippen molar-refractivity contribution in [3.05, 3.63) is 24.3 Å². The van der Waals surface area contributed by atoms with Gasteiger partial charge in [0, 0.05) is 6.04 Å². The summed E-state index contributed by atoms with van der Waals surface area (Å²) in [6.07, 6.45) is 2.30. The van der Waals surface area contributed by atoms with E-state index in [0.29, 0.717) is 12.6 Å². The monoisotopic (exact) mass is 318 g/mol. The van der Waals surface area contributed by atoms with Crippen LogP contribution in [0.1, 0.15) is 26.7 Å². The minimum atomic E-state index is 0.0416. The van der Waals surface area contributed by atoms with E-state index in [2.05, 4.69) is 29.3 Å². The lowest BCUT2D eigenvalue weighted by Gasteiger charge is -2.36. The quantitative estimate of drug-likeness (QED) is 0.801. The number of hydrogen-bond donors (Lipinski definition) is 2. The van der Waals surface area contributed by atoms with E-state index in [1.54, 1.807) is 0 Å². The SMILES string of the molecule is CCOc1ccccc1N1CC[NH+]([C@H](C)C(=O)NC2CC2)CC1. The van der Waals surface area contributed by atoms with Crippen molar-refractivity contribution in [2.75, 3.05) is 37.7 Å². The second-order valence-corrected chi connectivity index (χ2v) is 6.55. The molecule has 3 rings (SSSR count). The number of rotatable bonds is 6. The number of carbonyl (C=O) groups excluding carboxylic acids is 1. The molecule has 2 fully saturated rings. The van der Waals surface area contributed by atoms with Crippen LogP contribution in [0.15, 0.2) is 24.3 Å². The molecule has 1 amide bonds. The Kier molecular flexibility index (Phi) is 5.06. The zero-order valence-corrected chi connectivity index (χ0v) is 14.2. The van der Waals surface area contributed by atoms with Gasteiger partial charge in [-0.1, -0.05) is 12.1 Å². The molecule has 1 aliphatic heterocycles. The number of carbonyl (C=O) groups is 1. The normalized spacial score (nSPS) is 20.2. The maximum absolute atomic E-state index is 12.2. The van der Waals surface area contributed by atoms with Crippen LogP contribution in [-0.4, -0.2) is 50.8 Å². The van der Waals surface area contributed by atoms with Crippen LogP contribution in [-0.2, 0) is 4.79 Å². The van der Waals surface area contributed by atoms with Crippen molar-refractivity contribution in [3.8, 4) is 5.75 Å². The van der Waals surface area contributed by atoms with Crippen molar-refractivity contribution in [2.45, 2.75) is 38.8 Å². The Morgan fingerprint density at radius 2 is 2.04 bits per heavy atom. The molecule has 0 unspecified atom stereocenters. The number of quaternary nitrogens is 1. The van der Waals surface area contributed by atoms with Crippen LogP contribution in [0, 0.1) is 0 Å². The van der Waals surface area contributed by atoms with Crippen molar-refractivity contribution in [3.63, 3.8) is 0 Å². The highest BCUT2D eigenvalue weighted by Gasteiger charge is 2.32. The van der Waals surface area contributed by atoms with E-state index in [1.165, 1.54) is 10.6 Å². The highest BCUT2D eigenvalue weighted by molar-refractivity contribution is 5.80. The summed E-state index contributed by atoms with van der Waals surface area (Å²) in [5.74, 6) is 1.17. The number of anilines is 1. The number of hydrogen-bond acceptors (Lipinski definition) is 3. The summed E-state index contributed by atoms with van der Waals surface area (Å²) in [7, 11) is 0. The summed E-state index contributed by atoms with van der Waals surface area (Å²) in [6.45, 7) is 8.64. The molecule has 1 aromatic rings. The van der Waals surface area contributed by atoms with Gasteiger partial charge in [0.15, 0.2) is 6.04 Å². The lowest BCUT2D eigenvalue weighted by molar-refractivity contribution is -0.914. The van der Waals surface area contributed by atoms with Gasteiger partial charge in [-0.05, 0) is 38.8 Å².